The molecule has 1 amide bonds. The first kappa shape index (κ1) is 13.0. The second-order valence-electron chi connectivity index (χ2n) is 4.50. The molecule has 0 aliphatic heterocycles. The van der Waals surface area contributed by atoms with Gasteiger partial charge in [0.2, 0.25) is 5.91 Å². The Bertz CT molecular complexity index is 550. The molecule has 1 aliphatic carbocycles. The van der Waals surface area contributed by atoms with Crippen LogP contribution in [-0.2, 0) is 14.6 Å². The molecule has 0 heterocycles. The van der Waals surface area contributed by atoms with Crippen molar-refractivity contribution in [2.75, 3.05) is 18.1 Å². The molecule has 1 saturated carbocycles. The number of rotatable bonds is 5. The molecule has 0 spiro atoms. The van der Waals surface area contributed by atoms with Crippen LogP contribution in [0.4, 0.5) is 5.69 Å². The standard InChI is InChI=1S/C12H16N2O3S/c1-18(16,17)11-4-2-3-10(7-11)14-12(15)8-13-9-5-6-9/h2-4,7,9,13H,5-6,8H2,1H3,(H,14,15). The van der Waals surface area contributed by atoms with Crippen LogP contribution in [0.25, 0.3) is 0 Å². The number of carbonyl (C=O) groups is 1. The summed E-state index contributed by atoms with van der Waals surface area (Å²) >= 11 is 0. The molecule has 98 valence electrons. The van der Waals surface area contributed by atoms with Gasteiger partial charge in [0, 0.05) is 18.0 Å². The van der Waals surface area contributed by atoms with Crippen molar-refractivity contribution in [2.45, 2.75) is 23.8 Å². The van der Waals surface area contributed by atoms with Crippen molar-refractivity contribution in [3.8, 4) is 0 Å². The molecule has 2 rings (SSSR count). The quantitative estimate of drug-likeness (QED) is 0.827. The topological polar surface area (TPSA) is 75.3 Å². The predicted octanol–water partition coefficient (Wildman–Crippen LogP) is 0.781. The molecule has 18 heavy (non-hydrogen) atoms. The molecule has 0 saturated heterocycles. The third kappa shape index (κ3) is 3.82. The van der Waals surface area contributed by atoms with Gasteiger partial charge in [-0.2, -0.15) is 0 Å². The monoisotopic (exact) mass is 268 g/mol. The fraction of sp³-hybridized carbons (Fsp3) is 0.417. The first-order valence-corrected chi connectivity index (χ1v) is 7.67. The average molecular weight is 268 g/mol. The molecule has 1 aromatic rings. The highest BCUT2D eigenvalue weighted by Crippen LogP contribution is 2.18. The third-order valence-electron chi connectivity index (χ3n) is 2.67. The number of benzene rings is 1. The van der Waals surface area contributed by atoms with Crippen molar-refractivity contribution >= 4 is 21.4 Å². The van der Waals surface area contributed by atoms with Crippen LogP contribution >= 0.6 is 0 Å². The number of hydrogen-bond donors (Lipinski definition) is 2. The molecular weight excluding hydrogens is 252 g/mol. The van der Waals surface area contributed by atoms with E-state index in [1.807, 2.05) is 0 Å². The summed E-state index contributed by atoms with van der Waals surface area (Å²) in [7, 11) is -3.24. The van der Waals surface area contributed by atoms with E-state index in [4.69, 9.17) is 0 Å². The molecule has 6 heteroatoms. The van der Waals surface area contributed by atoms with E-state index < -0.39 is 9.84 Å². The highest BCUT2D eigenvalue weighted by Gasteiger charge is 2.21. The summed E-state index contributed by atoms with van der Waals surface area (Å²) in [5.41, 5.74) is 0.500. The normalized spacial score (nSPS) is 15.4. The van der Waals surface area contributed by atoms with Gasteiger partial charge >= 0.3 is 0 Å². The summed E-state index contributed by atoms with van der Waals surface area (Å²) < 4.78 is 22.7. The highest BCUT2D eigenvalue weighted by atomic mass is 32.2. The van der Waals surface area contributed by atoms with Gasteiger partial charge in [-0.1, -0.05) is 6.07 Å². The van der Waals surface area contributed by atoms with Gasteiger partial charge in [-0.05, 0) is 31.0 Å². The van der Waals surface area contributed by atoms with Crippen LogP contribution in [-0.4, -0.2) is 33.2 Å². The predicted molar refractivity (Wildman–Crippen MR) is 69.2 cm³/mol. The summed E-state index contributed by atoms with van der Waals surface area (Å²) in [4.78, 5) is 11.8. The van der Waals surface area contributed by atoms with Gasteiger partial charge in [0.05, 0.1) is 11.4 Å². The third-order valence-corrected chi connectivity index (χ3v) is 3.78. The number of nitrogens with one attached hydrogen (secondary N) is 2. The lowest BCUT2D eigenvalue weighted by atomic mass is 10.3. The van der Waals surface area contributed by atoms with E-state index in [0.717, 1.165) is 19.1 Å². The Kier molecular flexibility index (Phi) is 3.68. The smallest absolute Gasteiger partial charge is 0.238 e. The Hall–Kier alpha value is -1.40. The molecule has 0 atom stereocenters. The zero-order chi connectivity index (χ0) is 13.2. The van der Waals surface area contributed by atoms with Gasteiger partial charge in [0.15, 0.2) is 9.84 Å². The minimum absolute atomic E-state index is 0.160. The second kappa shape index (κ2) is 5.07. The molecule has 1 aliphatic rings. The second-order valence-corrected chi connectivity index (χ2v) is 6.52. The van der Waals surface area contributed by atoms with Crippen molar-refractivity contribution in [3.63, 3.8) is 0 Å². The van der Waals surface area contributed by atoms with Gasteiger partial charge in [0.25, 0.3) is 0 Å². The molecular formula is C12H16N2O3S. The number of sulfone groups is 1. The van der Waals surface area contributed by atoms with Gasteiger partial charge in [-0.15, -0.1) is 0 Å². The van der Waals surface area contributed by atoms with E-state index in [1.165, 1.54) is 12.1 Å². The lowest BCUT2D eigenvalue weighted by molar-refractivity contribution is -0.115. The van der Waals surface area contributed by atoms with Crippen LogP contribution in [0.2, 0.25) is 0 Å². The van der Waals surface area contributed by atoms with E-state index >= 15 is 0 Å². The zero-order valence-corrected chi connectivity index (χ0v) is 11.0. The Morgan fingerprint density at radius 1 is 1.39 bits per heavy atom. The lowest BCUT2D eigenvalue weighted by Gasteiger charge is -2.07. The van der Waals surface area contributed by atoms with Gasteiger partial charge in [-0.3, -0.25) is 4.79 Å². The van der Waals surface area contributed by atoms with Gasteiger partial charge in [0.1, 0.15) is 0 Å². The first-order valence-electron chi connectivity index (χ1n) is 5.78. The maximum atomic E-state index is 11.6. The van der Waals surface area contributed by atoms with Gasteiger partial charge < -0.3 is 10.6 Å². The van der Waals surface area contributed by atoms with Crippen molar-refractivity contribution < 1.29 is 13.2 Å². The van der Waals surface area contributed by atoms with Crippen LogP contribution in [0.3, 0.4) is 0 Å². The van der Waals surface area contributed by atoms with E-state index in [1.54, 1.807) is 12.1 Å². The molecule has 0 radical (unpaired) electrons. The van der Waals surface area contributed by atoms with Crippen LogP contribution in [0.1, 0.15) is 12.8 Å². The molecule has 2 N–H and O–H groups in total. The number of hydrogen-bond acceptors (Lipinski definition) is 4. The van der Waals surface area contributed by atoms with Gasteiger partial charge in [-0.25, -0.2) is 8.42 Å². The molecule has 0 unspecified atom stereocenters. The minimum Gasteiger partial charge on any atom is -0.325 e. The Morgan fingerprint density at radius 2 is 2.11 bits per heavy atom. The van der Waals surface area contributed by atoms with Crippen molar-refractivity contribution in [2.24, 2.45) is 0 Å². The summed E-state index contributed by atoms with van der Waals surface area (Å²) in [5.74, 6) is -0.160. The van der Waals surface area contributed by atoms with Crippen LogP contribution in [0, 0.1) is 0 Å². The number of amides is 1. The van der Waals surface area contributed by atoms with Crippen molar-refractivity contribution in [3.05, 3.63) is 24.3 Å². The van der Waals surface area contributed by atoms with Crippen molar-refractivity contribution in [1.82, 2.24) is 5.32 Å². The van der Waals surface area contributed by atoms with E-state index in [9.17, 15) is 13.2 Å². The molecule has 0 bridgehead atoms. The summed E-state index contributed by atoms with van der Waals surface area (Å²) in [6.45, 7) is 0.258. The number of anilines is 1. The largest absolute Gasteiger partial charge is 0.325 e. The summed E-state index contributed by atoms with van der Waals surface area (Å²) in [6, 6.07) is 6.72. The maximum Gasteiger partial charge on any atom is 0.238 e. The molecule has 0 aromatic heterocycles. The summed E-state index contributed by atoms with van der Waals surface area (Å²) in [6.07, 6.45) is 3.39. The van der Waals surface area contributed by atoms with Crippen molar-refractivity contribution in [1.29, 1.82) is 0 Å². The average Bonchev–Trinajstić information content (AvgIpc) is 3.09. The number of carbonyl (C=O) groups excluding carboxylic acids is 1. The minimum atomic E-state index is -3.24. The summed E-state index contributed by atoms with van der Waals surface area (Å²) in [5, 5.41) is 5.76. The molecule has 1 aromatic carbocycles. The van der Waals surface area contributed by atoms with Crippen LogP contribution in [0.15, 0.2) is 29.2 Å². The lowest BCUT2D eigenvalue weighted by Crippen LogP contribution is -2.29. The molecule has 1 fully saturated rings. The fourth-order valence-electron chi connectivity index (χ4n) is 1.53. The van der Waals surface area contributed by atoms with Crippen LogP contribution in [0.5, 0.6) is 0 Å². The Balaban J connectivity index is 1.97. The van der Waals surface area contributed by atoms with E-state index in [2.05, 4.69) is 10.6 Å². The van der Waals surface area contributed by atoms with E-state index in [0.29, 0.717) is 11.7 Å². The first-order chi connectivity index (χ1) is 8.45. The Labute approximate surface area is 107 Å². The highest BCUT2D eigenvalue weighted by molar-refractivity contribution is 7.90. The zero-order valence-electron chi connectivity index (χ0n) is 10.1. The van der Waals surface area contributed by atoms with Crippen LogP contribution < -0.4 is 10.6 Å². The fourth-order valence-corrected chi connectivity index (χ4v) is 2.20. The van der Waals surface area contributed by atoms with E-state index in [-0.39, 0.29) is 17.3 Å². The molecule has 5 nitrogen and oxygen atoms in total. The Morgan fingerprint density at radius 3 is 2.72 bits per heavy atom. The maximum absolute atomic E-state index is 11.6. The SMILES string of the molecule is CS(=O)(=O)c1cccc(NC(=O)CNC2CC2)c1.